The molecular weight excluding hydrogens is 312 g/mol. The second-order valence-corrected chi connectivity index (χ2v) is 5.88. The van der Waals surface area contributed by atoms with Gasteiger partial charge in [-0.1, -0.05) is 6.07 Å². The lowest BCUT2D eigenvalue weighted by Crippen LogP contribution is -2.38. The second kappa shape index (κ2) is 7.53. The first-order valence-corrected chi connectivity index (χ1v) is 8.08. The van der Waals surface area contributed by atoms with Gasteiger partial charge in [0.25, 0.3) is 0 Å². The van der Waals surface area contributed by atoms with Crippen molar-refractivity contribution >= 4 is 11.6 Å². The molecule has 1 saturated heterocycles. The van der Waals surface area contributed by atoms with Crippen molar-refractivity contribution in [3.05, 3.63) is 47.8 Å². The van der Waals surface area contributed by atoms with E-state index in [4.69, 9.17) is 0 Å². The molecule has 0 saturated carbocycles. The van der Waals surface area contributed by atoms with Crippen LogP contribution in [-0.2, 0) is 6.54 Å². The molecule has 24 heavy (non-hydrogen) atoms. The SMILES string of the molecule is CNc1cc(N2CCCC2CNCc2ccc(F)c(F)c2)ncn1. The molecular formula is C17H21F2N5. The Morgan fingerprint density at radius 1 is 1.21 bits per heavy atom. The molecule has 0 radical (unpaired) electrons. The predicted molar refractivity (Wildman–Crippen MR) is 90.0 cm³/mol. The van der Waals surface area contributed by atoms with Crippen molar-refractivity contribution in [2.24, 2.45) is 0 Å². The Kier molecular flexibility index (Phi) is 5.20. The number of nitrogens with zero attached hydrogens (tertiary/aromatic N) is 3. The van der Waals surface area contributed by atoms with E-state index in [1.54, 1.807) is 12.4 Å². The summed E-state index contributed by atoms with van der Waals surface area (Å²) in [6, 6.07) is 6.26. The summed E-state index contributed by atoms with van der Waals surface area (Å²) in [5.74, 6) is 0.0778. The molecule has 1 aromatic carbocycles. The van der Waals surface area contributed by atoms with Gasteiger partial charge in [-0.15, -0.1) is 0 Å². The highest BCUT2D eigenvalue weighted by molar-refractivity contribution is 5.49. The summed E-state index contributed by atoms with van der Waals surface area (Å²) in [4.78, 5) is 10.8. The first-order valence-electron chi connectivity index (χ1n) is 8.08. The smallest absolute Gasteiger partial charge is 0.159 e. The standard InChI is InChI=1S/C17H21F2N5/c1-20-16-8-17(23-11-22-16)24-6-2-3-13(24)10-21-9-12-4-5-14(18)15(19)7-12/h4-5,7-8,11,13,21H,2-3,6,9-10H2,1H3,(H,20,22,23). The topological polar surface area (TPSA) is 53.1 Å². The minimum absolute atomic E-state index is 0.329. The van der Waals surface area contributed by atoms with Gasteiger partial charge in [0, 0.05) is 38.8 Å². The van der Waals surface area contributed by atoms with Gasteiger partial charge in [0.15, 0.2) is 11.6 Å². The predicted octanol–water partition coefficient (Wildman–Crippen LogP) is 2.56. The number of rotatable bonds is 6. The fraction of sp³-hybridized carbons (Fsp3) is 0.412. The third-order valence-electron chi connectivity index (χ3n) is 4.27. The van der Waals surface area contributed by atoms with E-state index in [-0.39, 0.29) is 0 Å². The Bertz CT molecular complexity index is 694. The lowest BCUT2D eigenvalue weighted by atomic mass is 10.2. The van der Waals surface area contributed by atoms with Gasteiger partial charge in [0.2, 0.25) is 0 Å². The molecule has 2 heterocycles. The van der Waals surface area contributed by atoms with Crippen LogP contribution < -0.4 is 15.5 Å². The zero-order valence-corrected chi connectivity index (χ0v) is 13.6. The summed E-state index contributed by atoms with van der Waals surface area (Å²) < 4.78 is 26.2. The van der Waals surface area contributed by atoms with Gasteiger partial charge in [-0.25, -0.2) is 18.7 Å². The van der Waals surface area contributed by atoms with Crippen LogP contribution in [0.3, 0.4) is 0 Å². The van der Waals surface area contributed by atoms with Crippen LogP contribution in [0.2, 0.25) is 0 Å². The molecule has 128 valence electrons. The van der Waals surface area contributed by atoms with E-state index < -0.39 is 11.6 Å². The van der Waals surface area contributed by atoms with Crippen LogP contribution in [0.5, 0.6) is 0 Å². The largest absolute Gasteiger partial charge is 0.373 e. The maximum atomic E-state index is 13.2. The summed E-state index contributed by atoms with van der Waals surface area (Å²) >= 11 is 0. The average molecular weight is 333 g/mol. The van der Waals surface area contributed by atoms with Gasteiger partial charge in [-0.3, -0.25) is 0 Å². The number of hydrogen-bond donors (Lipinski definition) is 2. The van der Waals surface area contributed by atoms with Crippen LogP contribution in [0.15, 0.2) is 30.6 Å². The maximum absolute atomic E-state index is 13.2. The Labute approximate surface area is 140 Å². The molecule has 1 unspecified atom stereocenters. The van der Waals surface area contributed by atoms with Crippen LogP contribution in [0.25, 0.3) is 0 Å². The molecule has 5 nitrogen and oxygen atoms in total. The van der Waals surface area contributed by atoms with Crippen molar-refractivity contribution in [2.45, 2.75) is 25.4 Å². The highest BCUT2D eigenvalue weighted by Gasteiger charge is 2.25. The number of nitrogens with one attached hydrogen (secondary N) is 2. The van der Waals surface area contributed by atoms with E-state index in [1.807, 2.05) is 13.1 Å². The molecule has 1 fully saturated rings. The zero-order chi connectivity index (χ0) is 16.9. The molecule has 7 heteroatoms. The van der Waals surface area contributed by atoms with E-state index in [9.17, 15) is 8.78 Å². The van der Waals surface area contributed by atoms with Gasteiger partial charge in [-0.2, -0.15) is 0 Å². The fourth-order valence-corrected chi connectivity index (χ4v) is 3.02. The highest BCUT2D eigenvalue weighted by atomic mass is 19.2. The molecule has 1 atom stereocenters. The van der Waals surface area contributed by atoms with Gasteiger partial charge >= 0.3 is 0 Å². The van der Waals surface area contributed by atoms with Gasteiger partial charge < -0.3 is 15.5 Å². The molecule has 0 amide bonds. The molecule has 0 spiro atoms. The summed E-state index contributed by atoms with van der Waals surface area (Å²) in [5.41, 5.74) is 0.734. The van der Waals surface area contributed by atoms with Crippen LogP contribution in [-0.4, -0.2) is 36.1 Å². The Hall–Kier alpha value is -2.28. The van der Waals surface area contributed by atoms with Crippen LogP contribution in [0, 0.1) is 11.6 Å². The number of halogens is 2. The van der Waals surface area contributed by atoms with E-state index in [0.29, 0.717) is 12.6 Å². The van der Waals surface area contributed by atoms with Crippen molar-refractivity contribution in [2.75, 3.05) is 30.4 Å². The monoisotopic (exact) mass is 333 g/mol. The molecule has 3 rings (SSSR count). The summed E-state index contributed by atoms with van der Waals surface area (Å²) in [6.07, 6.45) is 3.74. The van der Waals surface area contributed by atoms with Crippen LogP contribution in [0.1, 0.15) is 18.4 Å². The molecule has 1 aliphatic heterocycles. The van der Waals surface area contributed by atoms with Crippen molar-refractivity contribution in [3.8, 4) is 0 Å². The Balaban J connectivity index is 1.58. The number of hydrogen-bond acceptors (Lipinski definition) is 5. The molecule has 1 aromatic heterocycles. The van der Waals surface area contributed by atoms with Gasteiger partial charge in [-0.05, 0) is 30.5 Å². The van der Waals surface area contributed by atoms with Crippen molar-refractivity contribution in [3.63, 3.8) is 0 Å². The maximum Gasteiger partial charge on any atom is 0.159 e. The van der Waals surface area contributed by atoms with E-state index in [2.05, 4.69) is 25.5 Å². The van der Waals surface area contributed by atoms with Crippen molar-refractivity contribution in [1.29, 1.82) is 0 Å². The van der Waals surface area contributed by atoms with Crippen molar-refractivity contribution < 1.29 is 8.78 Å². The summed E-state index contributed by atoms with van der Waals surface area (Å²) in [5, 5.41) is 6.35. The lowest BCUT2D eigenvalue weighted by molar-refractivity contribution is 0.505. The summed E-state index contributed by atoms with van der Waals surface area (Å²) in [6.45, 7) is 2.22. The average Bonchev–Trinajstić information content (AvgIpc) is 3.06. The Morgan fingerprint density at radius 2 is 2.08 bits per heavy atom. The number of anilines is 2. The van der Waals surface area contributed by atoms with Crippen LogP contribution >= 0.6 is 0 Å². The third kappa shape index (κ3) is 3.79. The van der Waals surface area contributed by atoms with E-state index in [0.717, 1.165) is 49.2 Å². The molecule has 2 N–H and O–H groups in total. The van der Waals surface area contributed by atoms with E-state index >= 15 is 0 Å². The lowest BCUT2D eigenvalue weighted by Gasteiger charge is -2.26. The minimum atomic E-state index is -0.815. The van der Waals surface area contributed by atoms with Gasteiger partial charge in [0.05, 0.1) is 0 Å². The molecule has 1 aliphatic rings. The highest BCUT2D eigenvalue weighted by Crippen LogP contribution is 2.24. The number of benzene rings is 1. The molecule has 0 bridgehead atoms. The Morgan fingerprint density at radius 3 is 2.88 bits per heavy atom. The molecule has 2 aromatic rings. The van der Waals surface area contributed by atoms with Crippen molar-refractivity contribution in [1.82, 2.24) is 15.3 Å². The zero-order valence-electron chi connectivity index (χ0n) is 13.6. The normalized spacial score (nSPS) is 17.3. The third-order valence-corrected chi connectivity index (χ3v) is 4.27. The summed E-state index contributed by atoms with van der Waals surface area (Å²) in [7, 11) is 1.83. The molecule has 0 aliphatic carbocycles. The quantitative estimate of drug-likeness (QED) is 0.851. The second-order valence-electron chi connectivity index (χ2n) is 5.88. The fourth-order valence-electron chi connectivity index (χ4n) is 3.02. The van der Waals surface area contributed by atoms with E-state index in [1.165, 1.54) is 6.07 Å². The van der Waals surface area contributed by atoms with Gasteiger partial charge in [0.1, 0.15) is 18.0 Å². The number of aromatic nitrogens is 2. The first kappa shape index (κ1) is 16.6. The van der Waals surface area contributed by atoms with Crippen LogP contribution in [0.4, 0.5) is 20.4 Å². The first-order chi connectivity index (χ1) is 11.7. The minimum Gasteiger partial charge on any atom is -0.373 e.